The Bertz CT molecular complexity index is 793. The van der Waals surface area contributed by atoms with Crippen LogP contribution in [0.2, 0.25) is 5.02 Å². The summed E-state index contributed by atoms with van der Waals surface area (Å²) in [6.45, 7) is 4.12. The Morgan fingerprint density at radius 1 is 1.42 bits per heavy atom. The second-order valence-electron chi connectivity index (χ2n) is 6.54. The van der Waals surface area contributed by atoms with Gasteiger partial charge >= 0.3 is 0 Å². The standard InChI is InChI=1S/C17H19ClN4O2/c1-11(16(23)22-6-4-17(9-22)5-7-24-17)21-15-13-3-2-12(18)8-14(13)19-10-20-15/h2-3,8,10-11H,4-7,9H2,1H3,(H,19,20,21)/t11-,17-/m1/s1. The lowest BCUT2D eigenvalue weighted by Crippen LogP contribution is -2.48. The third-order valence-electron chi connectivity index (χ3n) is 4.92. The first-order valence-electron chi connectivity index (χ1n) is 8.16. The van der Waals surface area contributed by atoms with E-state index >= 15 is 0 Å². The van der Waals surface area contributed by atoms with Crippen molar-refractivity contribution >= 4 is 34.2 Å². The molecule has 3 heterocycles. The van der Waals surface area contributed by atoms with Crippen LogP contribution >= 0.6 is 11.6 Å². The van der Waals surface area contributed by atoms with E-state index in [0.29, 0.717) is 17.4 Å². The SMILES string of the molecule is C[C@@H](Nc1ncnc2cc(Cl)ccc12)C(=O)N1CC[C@@]2(CCO2)C1. The summed E-state index contributed by atoms with van der Waals surface area (Å²) in [5.74, 6) is 0.717. The van der Waals surface area contributed by atoms with E-state index in [0.717, 1.165) is 36.9 Å². The van der Waals surface area contributed by atoms with E-state index < -0.39 is 0 Å². The monoisotopic (exact) mass is 346 g/mol. The summed E-state index contributed by atoms with van der Waals surface area (Å²) in [6, 6.07) is 5.08. The molecule has 1 aromatic carbocycles. The molecule has 7 heteroatoms. The predicted molar refractivity (Wildman–Crippen MR) is 92.1 cm³/mol. The van der Waals surface area contributed by atoms with E-state index in [1.54, 1.807) is 12.1 Å². The normalized spacial score (nSPS) is 24.2. The predicted octanol–water partition coefficient (Wildman–Crippen LogP) is 2.48. The van der Waals surface area contributed by atoms with Crippen LogP contribution in [0, 0.1) is 0 Å². The van der Waals surface area contributed by atoms with Crippen molar-refractivity contribution in [3.8, 4) is 0 Å². The number of carbonyl (C=O) groups excluding carboxylic acids is 1. The minimum Gasteiger partial charge on any atom is -0.373 e. The molecule has 24 heavy (non-hydrogen) atoms. The maximum absolute atomic E-state index is 12.7. The van der Waals surface area contributed by atoms with Crippen molar-refractivity contribution in [2.24, 2.45) is 0 Å². The number of carbonyl (C=O) groups is 1. The van der Waals surface area contributed by atoms with E-state index in [1.165, 1.54) is 6.33 Å². The summed E-state index contributed by atoms with van der Waals surface area (Å²) in [6.07, 6.45) is 3.46. The zero-order valence-corrected chi connectivity index (χ0v) is 14.2. The van der Waals surface area contributed by atoms with Crippen molar-refractivity contribution in [3.05, 3.63) is 29.5 Å². The number of ether oxygens (including phenoxy) is 1. The average molecular weight is 347 g/mol. The molecule has 2 fully saturated rings. The highest BCUT2D eigenvalue weighted by Crippen LogP contribution is 2.36. The summed E-state index contributed by atoms with van der Waals surface area (Å²) in [7, 11) is 0. The van der Waals surface area contributed by atoms with E-state index in [-0.39, 0.29) is 17.6 Å². The molecule has 2 aliphatic heterocycles. The molecule has 0 aliphatic carbocycles. The van der Waals surface area contributed by atoms with Gasteiger partial charge < -0.3 is 15.0 Å². The number of nitrogens with one attached hydrogen (secondary N) is 1. The zero-order chi connectivity index (χ0) is 16.7. The van der Waals surface area contributed by atoms with Crippen molar-refractivity contribution in [2.75, 3.05) is 25.0 Å². The number of halogens is 1. The molecule has 2 aromatic rings. The molecule has 6 nitrogen and oxygen atoms in total. The molecular weight excluding hydrogens is 328 g/mol. The van der Waals surface area contributed by atoms with Crippen molar-refractivity contribution in [3.63, 3.8) is 0 Å². The summed E-state index contributed by atoms with van der Waals surface area (Å²) in [4.78, 5) is 23.1. The molecule has 2 atom stereocenters. The van der Waals surface area contributed by atoms with Gasteiger partial charge in [-0.3, -0.25) is 4.79 Å². The van der Waals surface area contributed by atoms with Crippen molar-refractivity contribution in [1.82, 2.24) is 14.9 Å². The smallest absolute Gasteiger partial charge is 0.244 e. The molecule has 0 saturated carbocycles. The van der Waals surface area contributed by atoms with Gasteiger partial charge in [-0.2, -0.15) is 0 Å². The highest BCUT2D eigenvalue weighted by atomic mass is 35.5. The van der Waals surface area contributed by atoms with E-state index in [1.807, 2.05) is 17.9 Å². The van der Waals surface area contributed by atoms with E-state index in [9.17, 15) is 4.79 Å². The molecule has 2 saturated heterocycles. The molecule has 0 radical (unpaired) electrons. The number of fused-ring (bicyclic) bond motifs is 1. The lowest BCUT2D eigenvalue weighted by molar-refractivity contribution is -0.146. The van der Waals surface area contributed by atoms with Crippen LogP contribution in [0.3, 0.4) is 0 Å². The van der Waals surface area contributed by atoms with Gasteiger partial charge in [0.25, 0.3) is 0 Å². The molecule has 1 aromatic heterocycles. The first kappa shape index (κ1) is 15.6. The Labute approximate surface area is 145 Å². The van der Waals surface area contributed by atoms with Crippen LogP contribution < -0.4 is 5.32 Å². The van der Waals surface area contributed by atoms with Crippen LogP contribution in [0.25, 0.3) is 10.9 Å². The molecule has 4 rings (SSSR count). The Balaban J connectivity index is 1.50. The zero-order valence-electron chi connectivity index (χ0n) is 13.5. The quantitative estimate of drug-likeness (QED) is 0.924. The number of likely N-dealkylation sites (tertiary alicyclic amines) is 1. The minimum atomic E-state index is -0.367. The van der Waals surface area contributed by atoms with Crippen molar-refractivity contribution in [2.45, 2.75) is 31.4 Å². The fourth-order valence-corrected chi connectivity index (χ4v) is 3.60. The van der Waals surface area contributed by atoms with Crippen LogP contribution in [-0.4, -0.2) is 52.1 Å². The molecule has 1 amide bonds. The molecule has 2 aliphatic rings. The van der Waals surface area contributed by atoms with Crippen LogP contribution in [0.4, 0.5) is 5.82 Å². The second kappa shape index (κ2) is 5.86. The maximum Gasteiger partial charge on any atom is 0.244 e. The number of amides is 1. The van der Waals surface area contributed by atoms with Gasteiger partial charge in [-0.25, -0.2) is 9.97 Å². The molecule has 0 bridgehead atoms. The van der Waals surface area contributed by atoms with Crippen molar-refractivity contribution in [1.29, 1.82) is 0 Å². The van der Waals surface area contributed by atoms with Gasteiger partial charge in [-0.1, -0.05) is 11.6 Å². The number of benzene rings is 1. The number of rotatable bonds is 3. The van der Waals surface area contributed by atoms with Gasteiger partial charge in [-0.05, 0) is 31.5 Å². The van der Waals surface area contributed by atoms with Crippen LogP contribution in [0.1, 0.15) is 19.8 Å². The fourth-order valence-electron chi connectivity index (χ4n) is 3.43. The van der Waals surface area contributed by atoms with Crippen LogP contribution in [0.5, 0.6) is 0 Å². The third-order valence-corrected chi connectivity index (χ3v) is 5.15. The lowest BCUT2D eigenvalue weighted by atomic mass is 9.94. The van der Waals surface area contributed by atoms with Gasteiger partial charge in [0.2, 0.25) is 5.91 Å². The van der Waals surface area contributed by atoms with E-state index in [2.05, 4.69) is 15.3 Å². The summed E-state index contributed by atoms with van der Waals surface area (Å²) < 4.78 is 5.68. The highest BCUT2D eigenvalue weighted by Gasteiger charge is 2.46. The Morgan fingerprint density at radius 3 is 2.96 bits per heavy atom. The first-order chi connectivity index (χ1) is 11.6. The highest BCUT2D eigenvalue weighted by molar-refractivity contribution is 6.31. The van der Waals surface area contributed by atoms with Crippen molar-refractivity contribution < 1.29 is 9.53 Å². The Hall–Kier alpha value is -1.92. The topological polar surface area (TPSA) is 67.4 Å². The van der Waals surface area contributed by atoms with Crippen LogP contribution in [0.15, 0.2) is 24.5 Å². The summed E-state index contributed by atoms with van der Waals surface area (Å²) in [5.41, 5.74) is 0.677. The lowest BCUT2D eigenvalue weighted by Gasteiger charge is -2.38. The van der Waals surface area contributed by atoms with Crippen LogP contribution in [-0.2, 0) is 9.53 Å². The molecule has 1 N–H and O–H groups in total. The summed E-state index contributed by atoms with van der Waals surface area (Å²) in [5, 5.41) is 4.69. The largest absolute Gasteiger partial charge is 0.373 e. The minimum absolute atomic E-state index is 0.0723. The van der Waals surface area contributed by atoms with Gasteiger partial charge in [0.1, 0.15) is 18.2 Å². The number of nitrogens with zero attached hydrogens (tertiary/aromatic N) is 3. The fraction of sp³-hybridized carbons (Fsp3) is 0.471. The molecule has 0 unspecified atom stereocenters. The van der Waals surface area contributed by atoms with Gasteiger partial charge in [0.05, 0.1) is 17.7 Å². The maximum atomic E-state index is 12.7. The molecule has 1 spiro atoms. The number of hydrogen-bond acceptors (Lipinski definition) is 5. The second-order valence-corrected chi connectivity index (χ2v) is 6.98. The first-order valence-corrected chi connectivity index (χ1v) is 8.54. The van der Waals surface area contributed by atoms with Gasteiger partial charge in [0, 0.05) is 29.9 Å². The number of hydrogen-bond donors (Lipinski definition) is 1. The Kier molecular flexibility index (Phi) is 3.81. The van der Waals surface area contributed by atoms with Gasteiger partial charge in [-0.15, -0.1) is 0 Å². The van der Waals surface area contributed by atoms with E-state index in [4.69, 9.17) is 16.3 Å². The number of aromatic nitrogens is 2. The average Bonchev–Trinajstić information content (AvgIpc) is 3.00. The third kappa shape index (κ3) is 2.70. The molecular formula is C17H19ClN4O2. The summed E-state index contributed by atoms with van der Waals surface area (Å²) >= 11 is 6.01. The Morgan fingerprint density at radius 2 is 2.25 bits per heavy atom. The number of anilines is 1. The van der Waals surface area contributed by atoms with Gasteiger partial charge in [0.15, 0.2) is 0 Å². The molecule has 126 valence electrons.